The van der Waals surface area contributed by atoms with E-state index in [0.29, 0.717) is 12.2 Å². The minimum atomic E-state index is -0.107. The van der Waals surface area contributed by atoms with E-state index in [-0.39, 0.29) is 6.61 Å². The lowest BCUT2D eigenvalue weighted by atomic mass is 10.3. The van der Waals surface area contributed by atoms with Crippen LogP contribution in [0.4, 0.5) is 0 Å². The van der Waals surface area contributed by atoms with Crippen LogP contribution in [0.3, 0.4) is 0 Å². The van der Waals surface area contributed by atoms with Crippen molar-refractivity contribution in [3.8, 4) is 5.75 Å². The number of rotatable bonds is 4. The average molecular weight is 234 g/mol. The van der Waals surface area contributed by atoms with E-state index < -0.39 is 0 Å². The molecule has 6 nitrogen and oxygen atoms in total. The molecule has 0 bridgehead atoms. The zero-order valence-corrected chi connectivity index (χ0v) is 9.79. The highest BCUT2D eigenvalue weighted by Crippen LogP contribution is 2.13. The molecule has 0 saturated heterocycles. The Morgan fingerprint density at radius 1 is 1.35 bits per heavy atom. The van der Waals surface area contributed by atoms with Crippen LogP contribution in [0, 0.1) is 6.92 Å². The summed E-state index contributed by atoms with van der Waals surface area (Å²) in [5, 5.41) is 16.6. The molecule has 2 rings (SSSR count). The molecule has 1 N–H and O–H groups in total. The Balaban J connectivity index is 2.20. The van der Waals surface area contributed by atoms with Crippen LogP contribution in [0.2, 0.25) is 0 Å². The maximum absolute atomic E-state index is 8.89. The van der Waals surface area contributed by atoms with Crippen LogP contribution in [-0.4, -0.2) is 32.2 Å². The van der Waals surface area contributed by atoms with Gasteiger partial charge in [-0.15, -0.1) is 5.10 Å². The van der Waals surface area contributed by atoms with Gasteiger partial charge in [-0.25, -0.2) is 4.68 Å². The molecule has 0 aliphatic rings. The summed E-state index contributed by atoms with van der Waals surface area (Å²) in [6.45, 7) is 2.31. The molecule has 2 aromatic heterocycles. The standard InChI is InChI=1S/C11H14N4O2/c1-8-3-11(17-2)4-9(12-8)5-15-6-10(7-16)13-14-15/h3-4,6,16H,5,7H2,1-2H3. The van der Waals surface area contributed by atoms with E-state index in [1.54, 1.807) is 18.0 Å². The van der Waals surface area contributed by atoms with Crippen molar-refractivity contribution in [2.24, 2.45) is 0 Å². The number of hydrogen-bond acceptors (Lipinski definition) is 5. The monoisotopic (exact) mass is 234 g/mol. The number of nitrogens with zero attached hydrogens (tertiary/aromatic N) is 4. The fourth-order valence-electron chi connectivity index (χ4n) is 1.56. The van der Waals surface area contributed by atoms with Crippen LogP contribution >= 0.6 is 0 Å². The summed E-state index contributed by atoms with van der Waals surface area (Å²) in [6.07, 6.45) is 1.69. The minimum absolute atomic E-state index is 0.107. The van der Waals surface area contributed by atoms with Crippen molar-refractivity contribution in [2.75, 3.05) is 7.11 Å². The second-order valence-electron chi connectivity index (χ2n) is 3.71. The van der Waals surface area contributed by atoms with Crippen LogP contribution < -0.4 is 4.74 Å². The topological polar surface area (TPSA) is 73.1 Å². The summed E-state index contributed by atoms with van der Waals surface area (Å²) in [7, 11) is 1.62. The van der Waals surface area contributed by atoms with E-state index in [1.165, 1.54) is 0 Å². The van der Waals surface area contributed by atoms with Crippen molar-refractivity contribution in [1.29, 1.82) is 0 Å². The molecule has 0 aromatic carbocycles. The number of aromatic nitrogens is 4. The zero-order chi connectivity index (χ0) is 12.3. The summed E-state index contributed by atoms with van der Waals surface area (Å²) in [6, 6.07) is 3.72. The van der Waals surface area contributed by atoms with Crippen LogP contribution in [0.1, 0.15) is 17.1 Å². The molecule has 90 valence electrons. The van der Waals surface area contributed by atoms with Gasteiger partial charge in [0.1, 0.15) is 11.4 Å². The zero-order valence-electron chi connectivity index (χ0n) is 9.79. The Bertz CT molecular complexity index is 510. The third-order valence-electron chi connectivity index (χ3n) is 2.29. The Hall–Kier alpha value is -1.95. The number of aliphatic hydroxyl groups excluding tert-OH is 1. The first kappa shape index (κ1) is 11.5. The molecule has 0 unspecified atom stereocenters. The Kier molecular flexibility index (Phi) is 3.34. The summed E-state index contributed by atoms with van der Waals surface area (Å²) < 4.78 is 6.81. The quantitative estimate of drug-likeness (QED) is 0.835. The molecule has 0 saturated carbocycles. The van der Waals surface area contributed by atoms with Gasteiger partial charge in [-0.1, -0.05) is 5.21 Å². The third-order valence-corrected chi connectivity index (χ3v) is 2.29. The molecule has 0 fully saturated rings. The molecule has 0 spiro atoms. The fourth-order valence-corrected chi connectivity index (χ4v) is 1.56. The first-order chi connectivity index (χ1) is 8.21. The molecule has 2 aromatic rings. The van der Waals surface area contributed by atoms with Gasteiger partial charge in [-0.2, -0.15) is 0 Å². The van der Waals surface area contributed by atoms with Crippen LogP contribution in [0.5, 0.6) is 5.75 Å². The van der Waals surface area contributed by atoms with Gasteiger partial charge in [-0.3, -0.25) is 4.98 Å². The highest BCUT2D eigenvalue weighted by Gasteiger charge is 2.04. The Labute approximate surface area is 98.9 Å². The number of methoxy groups -OCH3 is 1. The van der Waals surface area contributed by atoms with E-state index in [4.69, 9.17) is 9.84 Å². The number of aryl methyl sites for hydroxylation is 1. The lowest BCUT2D eigenvalue weighted by molar-refractivity contribution is 0.276. The number of pyridine rings is 1. The minimum Gasteiger partial charge on any atom is -0.497 e. The van der Waals surface area contributed by atoms with E-state index in [0.717, 1.165) is 17.1 Å². The number of aliphatic hydroxyl groups is 1. The summed E-state index contributed by atoms with van der Waals surface area (Å²) in [5.74, 6) is 0.773. The molecule has 0 radical (unpaired) electrons. The van der Waals surface area contributed by atoms with Crippen molar-refractivity contribution >= 4 is 0 Å². The average Bonchev–Trinajstić information content (AvgIpc) is 2.76. The third kappa shape index (κ3) is 2.79. The van der Waals surface area contributed by atoms with Gasteiger partial charge in [-0.05, 0) is 6.92 Å². The number of ether oxygens (including phenoxy) is 1. The largest absolute Gasteiger partial charge is 0.497 e. The summed E-state index contributed by atoms with van der Waals surface area (Å²) in [5.41, 5.74) is 2.28. The molecule has 0 aliphatic carbocycles. The van der Waals surface area contributed by atoms with Gasteiger partial charge < -0.3 is 9.84 Å². The predicted octanol–water partition coefficient (Wildman–Crippen LogP) is 0.531. The normalized spacial score (nSPS) is 10.5. The molecule has 17 heavy (non-hydrogen) atoms. The maximum atomic E-state index is 8.89. The second kappa shape index (κ2) is 4.92. The SMILES string of the molecule is COc1cc(C)nc(Cn2cc(CO)nn2)c1. The first-order valence-corrected chi connectivity index (χ1v) is 5.22. The van der Waals surface area contributed by atoms with E-state index >= 15 is 0 Å². The van der Waals surface area contributed by atoms with Gasteiger partial charge in [0.15, 0.2) is 0 Å². The van der Waals surface area contributed by atoms with Crippen molar-refractivity contribution < 1.29 is 9.84 Å². The molecular weight excluding hydrogens is 220 g/mol. The molecular formula is C11H14N4O2. The van der Waals surface area contributed by atoms with Gasteiger partial charge in [0.05, 0.1) is 32.2 Å². The second-order valence-corrected chi connectivity index (χ2v) is 3.71. The molecule has 6 heteroatoms. The lowest BCUT2D eigenvalue weighted by Gasteiger charge is -2.05. The highest BCUT2D eigenvalue weighted by atomic mass is 16.5. The summed E-state index contributed by atoms with van der Waals surface area (Å²) >= 11 is 0. The van der Waals surface area contributed by atoms with E-state index in [2.05, 4.69) is 15.3 Å². The Morgan fingerprint density at radius 3 is 2.82 bits per heavy atom. The van der Waals surface area contributed by atoms with Gasteiger partial charge >= 0.3 is 0 Å². The smallest absolute Gasteiger partial charge is 0.122 e. The molecule has 0 atom stereocenters. The van der Waals surface area contributed by atoms with Crippen LogP contribution in [0.15, 0.2) is 18.3 Å². The van der Waals surface area contributed by atoms with Gasteiger partial charge in [0, 0.05) is 17.8 Å². The van der Waals surface area contributed by atoms with Crippen molar-refractivity contribution in [2.45, 2.75) is 20.1 Å². The van der Waals surface area contributed by atoms with Crippen molar-refractivity contribution in [1.82, 2.24) is 20.0 Å². The van der Waals surface area contributed by atoms with Gasteiger partial charge in [0.2, 0.25) is 0 Å². The van der Waals surface area contributed by atoms with Gasteiger partial charge in [0.25, 0.3) is 0 Å². The van der Waals surface area contributed by atoms with E-state index in [9.17, 15) is 0 Å². The Morgan fingerprint density at radius 2 is 2.18 bits per heavy atom. The first-order valence-electron chi connectivity index (χ1n) is 5.22. The van der Waals surface area contributed by atoms with Crippen molar-refractivity contribution in [3.63, 3.8) is 0 Å². The molecule has 0 aliphatic heterocycles. The molecule has 2 heterocycles. The fraction of sp³-hybridized carbons (Fsp3) is 0.364. The van der Waals surface area contributed by atoms with Crippen LogP contribution in [0.25, 0.3) is 0 Å². The molecule has 0 amide bonds. The van der Waals surface area contributed by atoms with E-state index in [1.807, 2.05) is 19.1 Å². The lowest BCUT2D eigenvalue weighted by Crippen LogP contribution is -2.04. The summed E-state index contributed by atoms with van der Waals surface area (Å²) in [4.78, 5) is 4.38. The number of hydrogen-bond donors (Lipinski definition) is 1. The predicted molar refractivity (Wildman–Crippen MR) is 60.6 cm³/mol. The van der Waals surface area contributed by atoms with Crippen molar-refractivity contribution in [3.05, 3.63) is 35.4 Å². The maximum Gasteiger partial charge on any atom is 0.122 e. The van der Waals surface area contributed by atoms with Crippen LogP contribution in [-0.2, 0) is 13.2 Å². The highest BCUT2D eigenvalue weighted by molar-refractivity contribution is 5.26.